The van der Waals surface area contributed by atoms with Crippen LogP contribution in [0.15, 0.2) is 0 Å². The first-order valence-electron chi connectivity index (χ1n) is 5.59. The maximum absolute atomic E-state index is 8.85. The van der Waals surface area contributed by atoms with Crippen LogP contribution < -0.4 is 0 Å². The van der Waals surface area contributed by atoms with Crippen LogP contribution in [-0.4, -0.2) is 42.0 Å². The minimum Gasteiger partial charge on any atom is -0.310 e. The van der Waals surface area contributed by atoms with Crippen LogP contribution in [0.2, 0.25) is 0 Å². The maximum atomic E-state index is 8.85. The third-order valence-electron chi connectivity index (χ3n) is 3.70. The summed E-state index contributed by atoms with van der Waals surface area (Å²) in [6, 6.07) is 0.663. The van der Waals surface area contributed by atoms with E-state index in [1.54, 1.807) is 0 Å². The van der Waals surface area contributed by atoms with Crippen LogP contribution in [0.3, 0.4) is 0 Å². The fraction of sp³-hybridized carbons (Fsp3) is 0.909. The number of fused-ring (bicyclic) bond motifs is 1. The molecule has 2 saturated heterocycles. The predicted octanol–water partition coefficient (Wildman–Crippen LogP) is 1.13. The Bertz CT molecular complexity index is 243. The lowest BCUT2D eigenvalue weighted by molar-refractivity contribution is 0.207. The summed E-state index contributed by atoms with van der Waals surface area (Å²) in [7, 11) is 0. The Morgan fingerprint density at radius 3 is 2.57 bits per heavy atom. The Morgan fingerprint density at radius 2 is 1.93 bits per heavy atom. The lowest BCUT2D eigenvalue weighted by Gasteiger charge is -2.30. The zero-order valence-corrected chi connectivity index (χ0v) is 9.11. The molecule has 78 valence electrons. The van der Waals surface area contributed by atoms with Gasteiger partial charge in [0.1, 0.15) is 0 Å². The van der Waals surface area contributed by atoms with E-state index in [1.807, 2.05) is 4.90 Å². The Morgan fingerprint density at radius 1 is 1.21 bits per heavy atom. The number of likely N-dealkylation sites (tertiary alicyclic amines) is 2. The van der Waals surface area contributed by atoms with Crippen molar-refractivity contribution < 1.29 is 0 Å². The highest BCUT2D eigenvalue weighted by atomic mass is 15.2. The summed E-state index contributed by atoms with van der Waals surface area (Å²) >= 11 is 0. The molecule has 0 radical (unpaired) electrons. The highest BCUT2D eigenvalue weighted by molar-refractivity contribution is 4.93. The monoisotopic (exact) mass is 193 g/mol. The van der Waals surface area contributed by atoms with Crippen molar-refractivity contribution in [3.05, 3.63) is 0 Å². The number of piperidine rings is 1. The van der Waals surface area contributed by atoms with Gasteiger partial charge in [0.25, 0.3) is 0 Å². The van der Waals surface area contributed by atoms with Gasteiger partial charge in [0.15, 0.2) is 6.19 Å². The van der Waals surface area contributed by atoms with Gasteiger partial charge in [-0.25, -0.2) is 0 Å². The van der Waals surface area contributed by atoms with E-state index < -0.39 is 0 Å². The lowest BCUT2D eigenvalue weighted by atomic mass is 9.89. The highest BCUT2D eigenvalue weighted by Crippen LogP contribution is 2.31. The SMILES string of the molecule is CC(C)N1CC2CCN(C#N)CC2C1. The summed E-state index contributed by atoms with van der Waals surface area (Å²) in [6.45, 7) is 8.94. The van der Waals surface area contributed by atoms with Crippen LogP contribution in [0.5, 0.6) is 0 Å². The van der Waals surface area contributed by atoms with Crippen LogP contribution in [-0.2, 0) is 0 Å². The molecular weight excluding hydrogens is 174 g/mol. The Labute approximate surface area is 86.3 Å². The van der Waals surface area contributed by atoms with Gasteiger partial charge in [0.05, 0.1) is 0 Å². The normalized spacial score (nSPS) is 33.1. The molecule has 0 amide bonds. The van der Waals surface area contributed by atoms with Crippen molar-refractivity contribution in [2.75, 3.05) is 26.2 Å². The zero-order valence-electron chi connectivity index (χ0n) is 9.11. The quantitative estimate of drug-likeness (QED) is 0.585. The van der Waals surface area contributed by atoms with E-state index in [1.165, 1.54) is 19.5 Å². The molecule has 0 saturated carbocycles. The van der Waals surface area contributed by atoms with Crippen molar-refractivity contribution in [2.45, 2.75) is 26.3 Å². The zero-order chi connectivity index (χ0) is 10.1. The molecule has 2 rings (SSSR count). The molecule has 0 N–H and O–H groups in total. The van der Waals surface area contributed by atoms with Crippen molar-refractivity contribution in [1.82, 2.24) is 9.80 Å². The second-order valence-electron chi connectivity index (χ2n) is 4.90. The Balaban J connectivity index is 1.95. The van der Waals surface area contributed by atoms with E-state index in [0.29, 0.717) is 6.04 Å². The first kappa shape index (κ1) is 9.79. The number of nitriles is 1. The second kappa shape index (κ2) is 3.78. The number of nitrogens with zero attached hydrogens (tertiary/aromatic N) is 3. The molecule has 0 aromatic carbocycles. The second-order valence-corrected chi connectivity index (χ2v) is 4.90. The van der Waals surface area contributed by atoms with Gasteiger partial charge in [-0.1, -0.05) is 0 Å². The van der Waals surface area contributed by atoms with Crippen LogP contribution in [0.4, 0.5) is 0 Å². The molecule has 14 heavy (non-hydrogen) atoms. The summed E-state index contributed by atoms with van der Waals surface area (Å²) < 4.78 is 0. The molecule has 0 aromatic heterocycles. The molecule has 2 aliphatic rings. The first-order valence-corrected chi connectivity index (χ1v) is 5.59. The highest BCUT2D eigenvalue weighted by Gasteiger charge is 2.37. The molecule has 2 aliphatic heterocycles. The van der Waals surface area contributed by atoms with Crippen LogP contribution in [0, 0.1) is 23.3 Å². The molecule has 2 unspecified atom stereocenters. The van der Waals surface area contributed by atoms with Gasteiger partial charge >= 0.3 is 0 Å². The number of hydrogen-bond donors (Lipinski definition) is 0. The molecule has 2 fully saturated rings. The summed E-state index contributed by atoms with van der Waals surface area (Å²) in [5.41, 5.74) is 0. The third-order valence-corrected chi connectivity index (χ3v) is 3.70. The summed E-state index contributed by atoms with van der Waals surface area (Å²) in [6.07, 6.45) is 3.49. The largest absolute Gasteiger partial charge is 0.310 e. The van der Waals surface area contributed by atoms with Gasteiger partial charge in [-0.3, -0.25) is 0 Å². The van der Waals surface area contributed by atoms with Crippen LogP contribution >= 0.6 is 0 Å². The van der Waals surface area contributed by atoms with E-state index in [9.17, 15) is 0 Å². The van der Waals surface area contributed by atoms with Gasteiger partial charge in [-0.15, -0.1) is 0 Å². The van der Waals surface area contributed by atoms with Crippen molar-refractivity contribution in [3.8, 4) is 6.19 Å². The fourth-order valence-electron chi connectivity index (χ4n) is 2.72. The molecule has 2 heterocycles. The van der Waals surface area contributed by atoms with Crippen molar-refractivity contribution in [3.63, 3.8) is 0 Å². The van der Waals surface area contributed by atoms with Crippen molar-refractivity contribution in [1.29, 1.82) is 5.26 Å². The van der Waals surface area contributed by atoms with Crippen molar-refractivity contribution in [2.24, 2.45) is 11.8 Å². The average Bonchev–Trinajstić information content (AvgIpc) is 2.59. The van der Waals surface area contributed by atoms with Gasteiger partial charge in [-0.05, 0) is 32.1 Å². The molecule has 2 atom stereocenters. The van der Waals surface area contributed by atoms with E-state index in [2.05, 4.69) is 24.9 Å². The van der Waals surface area contributed by atoms with E-state index in [0.717, 1.165) is 24.9 Å². The summed E-state index contributed by atoms with van der Waals surface area (Å²) in [5, 5.41) is 8.85. The standard InChI is InChI=1S/C11H19N3/c1-9(2)14-6-10-3-4-13(8-12)5-11(10)7-14/h9-11H,3-7H2,1-2H3. The lowest BCUT2D eigenvalue weighted by Crippen LogP contribution is -2.37. The maximum Gasteiger partial charge on any atom is 0.179 e. The fourth-order valence-corrected chi connectivity index (χ4v) is 2.72. The predicted molar refractivity (Wildman–Crippen MR) is 55.5 cm³/mol. The molecule has 0 aliphatic carbocycles. The topological polar surface area (TPSA) is 30.3 Å². The van der Waals surface area contributed by atoms with Gasteiger partial charge in [0, 0.05) is 32.2 Å². The molecular formula is C11H19N3. The van der Waals surface area contributed by atoms with Crippen molar-refractivity contribution >= 4 is 0 Å². The first-order chi connectivity index (χ1) is 6.70. The van der Waals surface area contributed by atoms with E-state index >= 15 is 0 Å². The molecule has 3 nitrogen and oxygen atoms in total. The average molecular weight is 193 g/mol. The number of rotatable bonds is 1. The minimum atomic E-state index is 0.663. The molecule has 0 aromatic rings. The van der Waals surface area contributed by atoms with E-state index in [4.69, 9.17) is 5.26 Å². The third kappa shape index (κ3) is 1.72. The molecule has 0 spiro atoms. The number of hydrogen-bond acceptors (Lipinski definition) is 3. The smallest absolute Gasteiger partial charge is 0.179 e. The van der Waals surface area contributed by atoms with Gasteiger partial charge in [-0.2, -0.15) is 5.26 Å². The summed E-state index contributed by atoms with van der Waals surface area (Å²) in [5.74, 6) is 1.59. The summed E-state index contributed by atoms with van der Waals surface area (Å²) in [4.78, 5) is 4.47. The van der Waals surface area contributed by atoms with E-state index in [-0.39, 0.29) is 0 Å². The molecule has 3 heteroatoms. The minimum absolute atomic E-state index is 0.663. The Hall–Kier alpha value is -0.750. The van der Waals surface area contributed by atoms with Crippen LogP contribution in [0.1, 0.15) is 20.3 Å². The Kier molecular flexibility index (Phi) is 2.64. The molecule has 0 bridgehead atoms. The van der Waals surface area contributed by atoms with Gasteiger partial charge < -0.3 is 9.80 Å². The van der Waals surface area contributed by atoms with Crippen LogP contribution in [0.25, 0.3) is 0 Å². The van der Waals surface area contributed by atoms with Gasteiger partial charge in [0.2, 0.25) is 0 Å².